The lowest BCUT2D eigenvalue weighted by Gasteiger charge is -2.15. The molecule has 1 aromatic carbocycles. The van der Waals surface area contributed by atoms with E-state index < -0.39 is 20.6 Å². The van der Waals surface area contributed by atoms with Crippen molar-refractivity contribution in [2.45, 2.75) is 18.2 Å². The van der Waals surface area contributed by atoms with Crippen LogP contribution >= 0.6 is 0 Å². The molecule has 0 radical (unpaired) electrons. The molecule has 1 fully saturated rings. The van der Waals surface area contributed by atoms with Crippen LogP contribution in [0, 0.1) is 17.0 Å². The Morgan fingerprint density at radius 1 is 1.44 bits per heavy atom. The van der Waals surface area contributed by atoms with E-state index in [2.05, 4.69) is 0 Å². The summed E-state index contributed by atoms with van der Waals surface area (Å²) < 4.78 is 25.4. The van der Waals surface area contributed by atoms with E-state index in [1.165, 1.54) is 25.1 Å². The monoisotopic (exact) mass is 272 g/mol. The van der Waals surface area contributed by atoms with Crippen LogP contribution in [0.3, 0.4) is 0 Å². The van der Waals surface area contributed by atoms with Crippen LogP contribution in [0.5, 0.6) is 0 Å². The van der Waals surface area contributed by atoms with Gasteiger partial charge >= 0.3 is 0 Å². The quantitative estimate of drug-likeness (QED) is 0.609. The van der Waals surface area contributed by atoms with Crippen molar-refractivity contribution in [3.8, 4) is 0 Å². The fourth-order valence-corrected chi connectivity index (χ4v) is 3.50. The third-order valence-corrected chi connectivity index (χ3v) is 4.51. The molecule has 0 aliphatic carbocycles. The lowest BCUT2D eigenvalue weighted by atomic mass is 10.2. The summed E-state index contributed by atoms with van der Waals surface area (Å²) in [5.41, 5.74) is -0.0924. The van der Waals surface area contributed by atoms with E-state index in [1.54, 1.807) is 0 Å². The van der Waals surface area contributed by atoms with Gasteiger partial charge in [-0.25, -0.2) is 8.42 Å². The van der Waals surface area contributed by atoms with Gasteiger partial charge in [-0.15, -0.1) is 0 Å². The molecule has 1 heterocycles. The molecule has 98 valence electrons. The van der Waals surface area contributed by atoms with Crippen LogP contribution in [0.15, 0.2) is 23.1 Å². The summed E-state index contributed by atoms with van der Waals surface area (Å²) >= 11 is 0. The lowest BCUT2D eigenvalue weighted by Crippen LogP contribution is -2.28. The van der Waals surface area contributed by atoms with Crippen LogP contribution in [0.4, 0.5) is 5.69 Å². The third-order valence-electron chi connectivity index (χ3n) is 2.63. The van der Waals surface area contributed by atoms with Gasteiger partial charge in [0.2, 0.25) is 0 Å². The van der Waals surface area contributed by atoms with Crippen LogP contribution in [0.2, 0.25) is 0 Å². The number of nitro groups is 1. The molecule has 0 spiro atoms. The lowest BCUT2D eigenvalue weighted by molar-refractivity contribution is -0.388. The maximum atomic E-state index is 12.3. The SMILES string of the molecule is Cc1cccc([N+](=O)[O-])c1S(=O)(=O)N1CCCO1. The van der Waals surface area contributed by atoms with Crippen molar-refractivity contribution in [3.05, 3.63) is 33.9 Å². The first kappa shape index (κ1) is 12.9. The normalized spacial score (nSPS) is 16.9. The molecular weight excluding hydrogens is 260 g/mol. The van der Waals surface area contributed by atoms with Gasteiger partial charge in [-0.1, -0.05) is 16.6 Å². The van der Waals surface area contributed by atoms with Crippen LogP contribution in [0.25, 0.3) is 0 Å². The number of sulfonamides is 1. The van der Waals surface area contributed by atoms with Crippen LogP contribution in [-0.4, -0.2) is 31.0 Å². The number of nitro benzene ring substituents is 1. The summed E-state index contributed by atoms with van der Waals surface area (Å²) in [6, 6.07) is 4.16. The molecule has 0 atom stereocenters. The number of nitrogens with zero attached hydrogens (tertiary/aromatic N) is 2. The zero-order chi connectivity index (χ0) is 13.3. The Labute approximate surface area is 104 Å². The first-order chi connectivity index (χ1) is 8.44. The van der Waals surface area contributed by atoms with Crippen molar-refractivity contribution in [1.82, 2.24) is 4.47 Å². The standard InChI is InChI=1S/C10H12N2O5S/c1-8-4-2-5-9(12(13)14)10(8)18(15,16)11-6-3-7-17-11/h2,4-5H,3,6-7H2,1H3. The number of hydroxylamine groups is 1. The third kappa shape index (κ3) is 2.09. The van der Waals surface area contributed by atoms with Crippen LogP contribution in [0.1, 0.15) is 12.0 Å². The van der Waals surface area contributed by atoms with Crippen molar-refractivity contribution in [1.29, 1.82) is 0 Å². The average Bonchev–Trinajstić information content (AvgIpc) is 2.82. The highest BCUT2D eigenvalue weighted by Gasteiger charge is 2.35. The molecule has 18 heavy (non-hydrogen) atoms. The molecule has 0 saturated carbocycles. The van der Waals surface area contributed by atoms with Gasteiger partial charge in [-0.05, 0) is 18.9 Å². The van der Waals surface area contributed by atoms with E-state index >= 15 is 0 Å². The molecule has 0 aromatic heterocycles. The summed E-state index contributed by atoms with van der Waals surface area (Å²) in [6.45, 7) is 2.04. The van der Waals surface area contributed by atoms with Crippen molar-refractivity contribution in [2.24, 2.45) is 0 Å². The molecule has 1 aliphatic heterocycles. The largest absolute Gasteiger partial charge is 0.289 e. The first-order valence-corrected chi connectivity index (χ1v) is 6.78. The van der Waals surface area contributed by atoms with Crippen molar-refractivity contribution >= 4 is 15.7 Å². The van der Waals surface area contributed by atoms with Gasteiger partial charge in [0.1, 0.15) is 0 Å². The van der Waals surface area contributed by atoms with Crippen molar-refractivity contribution in [3.63, 3.8) is 0 Å². The van der Waals surface area contributed by atoms with Gasteiger partial charge in [-0.3, -0.25) is 15.0 Å². The van der Waals surface area contributed by atoms with E-state index in [-0.39, 0.29) is 11.4 Å². The Hall–Kier alpha value is -1.51. The van der Waals surface area contributed by atoms with Gasteiger partial charge in [-0.2, -0.15) is 0 Å². The second kappa shape index (κ2) is 4.63. The molecule has 1 saturated heterocycles. The summed E-state index contributed by atoms with van der Waals surface area (Å²) in [5, 5.41) is 10.9. The molecule has 0 amide bonds. The molecule has 0 unspecified atom stereocenters. The number of hydrogen-bond donors (Lipinski definition) is 0. The Balaban J connectivity index is 2.59. The van der Waals surface area contributed by atoms with E-state index in [0.717, 1.165) is 4.47 Å². The van der Waals surface area contributed by atoms with Gasteiger partial charge in [0.15, 0.2) is 4.90 Å². The Bertz CT molecular complexity index is 578. The first-order valence-electron chi connectivity index (χ1n) is 5.34. The topological polar surface area (TPSA) is 89.8 Å². The van der Waals surface area contributed by atoms with Gasteiger partial charge in [0, 0.05) is 12.6 Å². The summed E-state index contributed by atoms with van der Waals surface area (Å²) in [5.74, 6) is 0. The highest BCUT2D eigenvalue weighted by molar-refractivity contribution is 7.89. The fourth-order valence-electron chi connectivity index (χ4n) is 1.83. The zero-order valence-electron chi connectivity index (χ0n) is 9.70. The van der Waals surface area contributed by atoms with Crippen LogP contribution in [-0.2, 0) is 14.9 Å². The van der Waals surface area contributed by atoms with E-state index in [9.17, 15) is 18.5 Å². The minimum Gasteiger partial charge on any atom is -0.284 e. The minimum absolute atomic E-state index is 0.216. The van der Waals surface area contributed by atoms with E-state index in [1.807, 2.05) is 0 Å². The smallest absolute Gasteiger partial charge is 0.284 e. The fraction of sp³-hybridized carbons (Fsp3) is 0.400. The van der Waals surface area contributed by atoms with E-state index in [0.29, 0.717) is 18.6 Å². The molecule has 0 bridgehead atoms. The zero-order valence-corrected chi connectivity index (χ0v) is 10.5. The summed E-state index contributed by atoms with van der Waals surface area (Å²) in [6.07, 6.45) is 0.582. The maximum Gasteiger partial charge on any atom is 0.289 e. The maximum absolute atomic E-state index is 12.3. The predicted molar refractivity (Wildman–Crippen MR) is 62.3 cm³/mol. The summed E-state index contributed by atoms with van der Waals surface area (Å²) in [4.78, 5) is 14.9. The molecule has 0 N–H and O–H groups in total. The number of benzene rings is 1. The predicted octanol–water partition coefficient (Wildman–Crippen LogP) is 1.23. The Kier molecular flexibility index (Phi) is 3.33. The van der Waals surface area contributed by atoms with Gasteiger partial charge in [0.05, 0.1) is 11.5 Å². The summed E-state index contributed by atoms with van der Waals surface area (Å²) in [7, 11) is -3.98. The Morgan fingerprint density at radius 2 is 2.17 bits per heavy atom. The minimum atomic E-state index is -3.98. The molecule has 8 heteroatoms. The highest BCUT2D eigenvalue weighted by atomic mass is 32.2. The van der Waals surface area contributed by atoms with Crippen molar-refractivity contribution in [2.75, 3.05) is 13.2 Å². The van der Waals surface area contributed by atoms with Crippen LogP contribution < -0.4 is 0 Å². The molecular formula is C10H12N2O5S. The number of rotatable bonds is 3. The highest BCUT2D eigenvalue weighted by Crippen LogP contribution is 2.30. The molecule has 1 aromatic rings. The number of hydrogen-bond acceptors (Lipinski definition) is 5. The average molecular weight is 272 g/mol. The van der Waals surface area contributed by atoms with Crippen molar-refractivity contribution < 1.29 is 18.2 Å². The second-order valence-electron chi connectivity index (χ2n) is 3.90. The molecule has 2 rings (SSSR count). The van der Waals surface area contributed by atoms with Gasteiger partial charge < -0.3 is 0 Å². The molecule has 1 aliphatic rings. The number of aryl methyl sites for hydroxylation is 1. The Morgan fingerprint density at radius 3 is 2.72 bits per heavy atom. The van der Waals surface area contributed by atoms with Gasteiger partial charge in [0.25, 0.3) is 15.7 Å². The second-order valence-corrected chi connectivity index (χ2v) is 5.66. The molecule has 7 nitrogen and oxygen atoms in total. The van der Waals surface area contributed by atoms with E-state index in [4.69, 9.17) is 4.84 Å².